The summed E-state index contributed by atoms with van der Waals surface area (Å²) in [6, 6.07) is 3.05. The molecule has 3 fully saturated rings. The van der Waals surface area contributed by atoms with Crippen molar-refractivity contribution in [2.45, 2.75) is 76.8 Å². The number of likely N-dealkylation sites (tertiary alicyclic amines) is 1. The van der Waals surface area contributed by atoms with E-state index >= 15 is 0 Å². The first-order valence-corrected chi connectivity index (χ1v) is 13.0. The van der Waals surface area contributed by atoms with Gasteiger partial charge in [-0.25, -0.2) is 0 Å². The van der Waals surface area contributed by atoms with Gasteiger partial charge in [-0.05, 0) is 69.7 Å². The Kier molecular flexibility index (Phi) is 8.78. The molecule has 3 atom stereocenters. The van der Waals surface area contributed by atoms with Gasteiger partial charge in [0.2, 0.25) is 5.91 Å². The number of carbonyl (C=O) groups excluding carboxylic acids is 1. The lowest BCUT2D eigenvalue weighted by Gasteiger charge is -2.41. The summed E-state index contributed by atoms with van der Waals surface area (Å²) in [7, 11) is 0. The predicted molar refractivity (Wildman–Crippen MR) is 131 cm³/mol. The fourth-order valence-electron chi connectivity index (χ4n) is 5.99. The summed E-state index contributed by atoms with van der Waals surface area (Å²) >= 11 is 0. The molecule has 0 radical (unpaired) electrons. The van der Waals surface area contributed by atoms with Crippen molar-refractivity contribution < 1.29 is 9.90 Å². The van der Waals surface area contributed by atoms with Gasteiger partial charge in [0.25, 0.3) is 0 Å². The van der Waals surface area contributed by atoms with E-state index in [-0.39, 0.29) is 11.9 Å². The summed E-state index contributed by atoms with van der Waals surface area (Å²) in [5.74, 6) is 2.22. The van der Waals surface area contributed by atoms with Crippen LogP contribution in [0.15, 0.2) is 12.3 Å². The number of aromatic nitrogens is 2. The number of nitrogens with zero attached hydrogens (tertiary/aromatic N) is 4. The van der Waals surface area contributed by atoms with Gasteiger partial charge in [0.1, 0.15) is 0 Å². The number of amides is 1. The van der Waals surface area contributed by atoms with Crippen molar-refractivity contribution in [3.63, 3.8) is 0 Å². The molecule has 3 N–H and O–H groups in total. The first-order chi connectivity index (χ1) is 16.1. The molecule has 2 aliphatic heterocycles. The normalized spacial score (nSPS) is 27.3. The lowest BCUT2D eigenvalue weighted by molar-refractivity contribution is -0.119. The first-order valence-electron chi connectivity index (χ1n) is 13.0. The highest BCUT2D eigenvalue weighted by atomic mass is 16.3. The Labute approximate surface area is 198 Å². The third kappa shape index (κ3) is 7.03. The van der Waals surface area contributed by atoms with E-state index in [1.165, 1.54) is 58.0 Å². The van der Waals surface area contributed by atoms with Crippen molar-refractivity contribution in [3.8, 4) is 0 Å². The van der Waals surface area contributed by atoms with Crippen LogP contribution in [0.4, 0.5) is 11.5 Å². The monoisotopic (exact) mass is 458 g/mol. The standard InChI is InChI=1S/C25H42N6O2/c1-19(33)28-22-8-12-30(13-9-22)25-15-23(16-27-29-25)26-10-7-20-5-3-11-31(17-20)24-6-2-4-21(14-24)18-32/h15-16,20-22,24,32H,2-14,17-18H2,1H3,(H,26,29)(H,28,33). The molecule has 184 valence electrons. The molecule has 1 amide bonds. The average molecular weight is 459 g/mol. The molecule has 0 spiro atoms. The number of rotatable bonds is 8. The van der Waals surface area contributed by atoms with Gasteiger partial charge in [0, 0.05) is 57.9 Å². The lowest BCUT2D eigenvalue weighted by Crippen LogP contribution is -2.45. The zero-order chi connectivity index (χ0) is 23.0. The fourth-order valence-corrected chi connectivity index (χ4v) is 5.99. The number of hydrogen-bond donors (Lipinski definition) is 3. The number of carbonyl (C=O) groups is 1. The van der Waals surface area contributed by atoms with E-state index in [1.54, 1.807) is 6.92 Å². The molecule has 1 aromatic heterocycles. The molecule has 3 heterocycles. The van der Waals surface area contributed by atoms with Gasteiger partial charge in [0.05, 0.1) is 11.9 Å². The zero-order valence-electron chi connectivity index (χ0n) is 20.2. The Bertz CT molecular complexity index is 754. The molecular weight excluding hydrogens is 416 g/mol. The predicted octanol–water partition coefficient (Wildman–Crippen LogP) is 2.65. The van der Waals surface area contributed by atoms with Crippen LogP contribution < -0.4 is 15.5 Å². The van der Waals surface area contributed by atoms with Crippen LogP contribution in [0, 0.1) is 11.8 Å². The second-order valence-corrected chi connectivity index (χ2v) is 10.4. The third-order valence-corrected chi connectivity index (χ3v) is 7.83. The molecule has 8 nitrogen and oxygen atoms in total. The lowest BCUT2D eigenvalue weighted by atomic mass is 9.83. The molecular formula is C25H42N6O2. The Morgan fingerprint density at radius 2 is 1.94 bits per heavy atom. The van der Waals surface area contributed by atoms with Crippen molar-refractivity contribution in [3.05, 3.63) is 12.3 Å². The van der Waals surface area contributed by atoms with Crippen molar-refractivity contribution >= 4 is 17.4 Å². The Hall–Kier alpha value is -1.93. The number of aliphatic hydroxyl groups excluding tert-OH is 1. The van der Waals surface area contributed by atoms with Gasteiger partial charge >= 0.3 is 0 Å². The summed E-state index contributed by atoms with van der Waals surface area (Å²) in [4.78, 5) is 16.3. The first kappa shape index (κ1) is 24.2. The Morgan fingerprint density at radius 3 is 2.73 bits per heavy atom. The summed E-state index contributed by atoms with van der Waals surface area (Å²) in [5, 5.41) is 24.8. The molecule has 4 rings (SSSR count). The molecule has 3 aliphatic rings. The van der Waals surface area contributed by atoms with E-state index < -0.39 is 0 Å². The zero-order valence-corrected chi connectivity index (χ0v) is 20.2. The summed E-state index contributed by atoms with van der Waals surface area (Å²) in [6.07, 6.45) is 12.4. The van der Waals surface area contributed by atoms with E-state index in [0.29, 0.717) is 18.6 Å². The van der Waals surface area contributed by atoms with Gasteiger partial charge in [-0.3, -0.25) is 4.79 Å². The number of nitrogens with one attached hydrogen (secondary N) is 2. The van der Waals surface area contributed by atoms with Gasteiger partial charge in [0.15, 0.2) is 5.82 Å². The molecule has 3 unspecified atom stereocenters. The topological polar surface area (TPSA) is 93.6 Å². The summed E-state index contributed by atoms with van der Waals surface area (Å²) in [5.41, 5.74) is 1.04. The quantitative estimate of drug-likeness (QED) is 0.551. The molecule has 8 heteroatoms. The van der Waals surface area contributed by atoms with Crippen molar-refractivity contribution in [1.29, 1.82) is 0 Å². The van der Waals surface area contributed by atoms with Crippen molar-refractivity contribution in [2.24, 2.45) is 11.8 Å². The van der Waals surface area contributed by atoms with Gasteiger partial charge in [-0.15, -0.1) is 5.10 Å². The van der Waals surface area contributed by atoms with E-state index in [0.717, 1.165) is 49.9 Å². The Morgan fingerprint density at radius 1 is 1.12 bits per heavy atom. The number of hydrogen-bond acceptors (Lipinski definition) is 7. The minimum absolute atomic E-state index is 0.0496. The number of aliphatic hydroxyl groups is 1. The van der Waals surface area contributed by atoms with Crippen LogP contribution in [0.1, 0.15) is 64.7 Å². The molecule has 1 saturated carbocycles. The highest BCUT2D eigenvalue weighted by Crippen LogP contribution is 2.31. The molecule has 33 heavy (non-hydrogen) atoms. The van der Waals surface area contributed by atoms with Crippen LogP contribution in [0.2, 0.25) is 0 Å². The highest BCUT2D eigenvalue weighted by molar-refractivity contribution is 5.73. The second kappa shape index (κ2) is 12.0. The highest BCUT2D eigenvalue weighted by Gasteiger charge is 2.30. The maximum Gasteiger partial charge on any atom is 0.217 e. The third-order valence-electron chi connectivity index (χ3n) is 7.83. The average Bonchev–Trinajstić information content (AvgIpc) is 2.85. The maximum atomic E-state index is 11.3. The second-order valence-electron chi connectivity index (χ2n) is 10.4. The Balaban J connectivity index is 1.21. The minimum Gasteiger partial charge on any atom is -0.396 e. The van der Waals surface area contributed by atoms with E-state index in [2.05, 4.69) is 36.7 Å². The van der Waals surface area contributed by atoms with E-state index in [4.69, 9.17) is 0 Å². The van der Waals surface area contributed by atoms with E-state index in [9.17, 15) is 9.90 Å². The molecule has 0 aromatic carbocycles. The van der Waals surface area contributed by atoms with Crippen molar-refractivity contribution in [1.82, 2.24) is 20.4 Å². The van der Waals surface area contributed by atoms with Crippen LogP contribution >= 0.6 is 0 Å². The molecule has 0 bridgehead atoms. The van der Waals surface area contributed by atoms with Crippen LogP contribution in [0.3, 0.4) is 0 Å². The van der Waals surface area contributed by atoms with Crippen LogP contribution in [-0.4, -0.2) is 77.5 Å². The van der Waals surface area contributed by atoms with Crippen molar-refractivity contribution in [2.75, 3.05) is 49.5 Å². The van der Waals surface area contributed by atoms with Gasteiger partial charge in [-0.1, -0.05) is 6.42 Å². The largest absolute Gasteiger partial charge is 0.396 e. The maximum absolute atomic E-state index is 11.3. The molecule has 1 aliphatic carbocycles. The minimum atomic E-state index is 0.0496. The van der Waals surface area contributed by atoms with Crippen LogP contribution in [-0.2, 0) is 4.79 Å². The van der Waals surface area contributed by atoms with Gasteiger partial charge in [-0.2, -0.15) is 5.10 Å². The van der Waals surface area contributed by atoms with Crippen LogP contribution in [0.5, 0.6) is 0 Å². The number of piperidine rings is 2. The fraction of sp³-hybridized carbons (Fsp3) is 0.800. The van der Waals surface area contributed by atoms with E-state index in [1.807, 2.05) is 6.20 Å². The molecule has 1 aromatic rings. The SMILES string of the molecule is CC(=O)NC1CCN(c2cc(NCCC3CCCN(C4CCCC(CO)C4)C3)cnn2)CC1. The molecule has 2 saturated heterocycles. The smallest absolute Gasteiger partial charge is 0.217 e. The summed E-state index contributed by atoms with van der Waals surface area (Å²) in [6.45, 7) is 7.10. The van der Waals surface area contributed by atoms with Gasteiger partial charge < -0.3 is 25.5 Å². The number of anilines is 2. The van der Waals surface area contributed by atoms with Crippen LogP contribution in [0.25, 0.3) is 0 Å². The summed E-state index contributed by atoms with van der Waals surface area (Å²) < 4.78 is 0.